The first-order valence-electron chi connectivity index (χ1n) is 7.55. The molecule has 1 unspecified atom stereocenters. The van der Waals surface area contributed by atoms with Crippen molar-refractivity contribution >= 4 is 28.4 Å². The monoisotopic (exact) mass is 297 g/mol. The number of hydrogen-bond donors (Lipinski definition) is 1. The van der Waals surface area contributed by atoms with Crippen LogP contribution in [0.5, 0.6) is 0 Å². The number of piperidine rings is 1. The highest BCUT2D eigenvalue weighted by atomic mass is 16.2. The van der Waals surface area contributed by atoms with Crippen molar-refractivity contribution in [1.82, 2.24) is 9.88 Å². The zero-order chi connectivity index (χ0) is 15.5. The van der Waals surface area contributed by atoms with E-state index in [2.05, 4.69) is 10.3 Å². The fourth-order valence-corrected chi connectivity index (χ4v) is 2.92. The van der Waals surface area contributed by atoms with Crippen molar-refractivity contribution < 1.29 is 9.59 Å². The van der Waals surface area contributed by atoms with E-state index in [0.29, 0.717) is 6.54 Å². The van der Waals surface area contributed by atoms with E-state index in [9.17, 15) is 9.59 Å². The number of rotatable bonds is 2. The van der Waals surface area contributed by atoms with E-state index in [4.69, 9.17) is 0 Å². The summed E-state index contributed by atoms with van der Waals surface area (Å²) in [5.41, 5.74) is 1.51. The Morgan fingerprint density at radius 3 is 2.91 bits per heavy atom. The summed E-state index contributed by atoms with van der Waals surface area (Å²) in [4.78, 5) is 30.1. The molecule has 1 aliphatic rings. The molecule has 0 bridgehead atoms. The number of fused-ring (bicyclic) bond motifs is 1. The topological polar surface area (TPSA) is 62.3 Å². The molecule has 22 heavy (non-hydrogen) atoms. The van der Waals surface area contributed by atoms with Crippen LogP contribution in [-0.4, -0.2) is 34.8 Å². The Morgan fingerprint density at radius 2 is 2.09 bits per heavy atom. The maximum Gasteiger partial charge on any atom is 0.229 e. The minimum atomic E-state index is -0.156. The zero-order valence-corrected chi connectivity index (χ0v) is 12.6. The van der Waals surface area contributed by atoms with Gasteiger partial charge in [-0.05, 0) is 25.0 Å². The van der Waals surface area contributed by atoms with Crippen molar-refractivity contribution in [2.75, 3.05) is 18.4 Å². The van der Waals surface area contributed by atoms with Gasteiger partial charge in [0.1, 0.15) is 0 Å². The van der Waals surface area contributed by atoms with Gasteiger partial charge in [-0.15, -0.1) is 0 Å². The third kappa shape index (κ3) is 2.93. The van der Waals surface area contributed by atoms with Crippen LogP contribution in [0.4, 0.5) is 5.69 Å². The standard InChI is InChI=1S/C17H19N3O2/c1-12(21)20-10-4-7-14(11-20)17(22)19-15-8-2-5-13-6-3-9-18-16(13)15/h2-3,5-6,8-9,14H,4,7,10-11H2,1H3,(H,19,22). The van der Waals surface area contributed by atoms with Crippen LogP contribution in [0, 0.1) is 5.92 Å². The second kappa shape index (κ2) is 6.13. The van der Waals surface area contributed by atoms with E-state index >= 15 is 0 Å². The van der Waals surface area contributed by atoms with Crippen molar-refractivity contribution in [2.24, 2.45) is 5.92 Å². The molecule has 0 spiro atoms. The molecule has 5 nitrogen and oxygen atoms in total. The van der Waals surface area contributed by atoms with Crippen molar-refractivity contribution in [3.63, 3.8) is 0 Å². The molecule has 0 radical (unpaired) electrons. The van der Waals surface area contributed by atoms with Crippen molar-refractivity contribution in [3.05, 3.63) is 36.5 Å². The number of likely N-dealkylation sites (tertiary alicyclic amines) is 1. The highest BCUT2D eigenvalue weighted by molar-refractivity contribution is 6.01. The molecule has 1 aliphatic heterocycles. The predicted molar refractivity (Wildman–Crippen MR) is 85.4 cm³/mol. The van der Waals surface area contributed by atoms with Gasteiger partial charge in [-0.1, -0.05) is 18.2 Å². The Hall–Kier alpha value is -2.43. The highest BCUT2D eigenvalue weighted by Crippen LogP contribution is 2.23. The van der Waals surface area contributed by atoms with Gasteiger partial charge < -0.3 is 10.2 Å². The lowest BCUT2D eigenvalue weighted by Gasteiger charge is -2.31. The van der Waals surface area contributed by atoms with Crippen LogP contribution in [0.1, 0.15) is 19.8 Å². The Morgan fingerprint density at radius 1 is 1.27 bits per heavy atom. The number of aromatic nitrogens is 1. The van der Waals surface area contributed by atoms with Gasteiger partial charge in [-0.3, -0.25) is 14.6 Å². The molecule has 1 N–H and O–H groups in total. The summed E-state index contributed by atoms with van der Waals surface area (Å²) < 4.78 is 0. The van der Waals surface area contributed by atoms with Crippen LogP contribution in [0.15, 0.2) is 36.5 Å². The van der Waals surface area contributed by atoms with E-state index in [-0.39, 0.29) is 17.7 Å². The number of anilines is 1. The average Bonchev–Trinajstić information content (AvgIpc) is 2.55. The fourth-order valence-electron chi connectivity index (χ4n) is 2.92. The summed E-state index contributed by atoms with van der Waals surface area (Å²) in [7, 11) is 0. The number of pyridine rings is 1. The van der Waals surface area contributed by atoms with Gasteiger partial charge in [0.2, 0.25) is 11.8 Å². The van der Waals surface area contributed by atoms with E-state index < -0.39 is 0 Å². The Kier molecular flexibility index (Phi) is 4.04. The minimum absolute atomic E-state index is 0.0318. The smallest absolute Gasteiger partial charge is 0.229 e. The first kappa shape index (κ1) is 14.5. The Labute approximate surface area is 129 Å². The molecule has 1 atom stereocenters. The zero-order valence-electron chi connectivity index (χ0n) is 12.6. The van der Waals surface area contributed by atoms with Gasteiger partial charge in [-0.25, -0.2) is 0 Å². The van der Waals surface area contributed by atoms with Crippen molar-refractivity contribution in [1.29, 1.82) is 0 Å². The number of amides is 2. The van der Waals surface area contributed by atoms with Crippen LogP contribution >= 0.6 is 0 Å². The number of nitrogens with one attached hydrogen (secondary N) is 1. The number of nitrogens with zero attached hydrogens (tertiary/aromatic N) is 2. The largest absolute Gasteiger partial charge is 0.342 e. The van der Waals surface area contributed by atoms with Gasteiger partial charge in [0.25, 0.3) is 0 Å². The molecule has 3 rings (SSSR count). The SMILES string of the molecule is CC(=O)N1CCCC(C(=O)Nc2cccc3cccnc23)C1. The first-order valence-corrected chi connectivity index (χ1v) is 7.55. The third-order valence-electron chi connectivity index (χ3n) is 4.13. The Bertz CT molecular complexity index is 709. The van der Waals surface area contributed by atoms with Crippen molar-refractivity contribution in [2.45, 2.75) is 19.8 Å². The van der Waals surface area contributed by atoms with E-state index in [1.165, 1.54) is 0 Å². The van der Waals surface area contributed by atoms with Crippen LogP contribution in [0.3, 0.4) is 0 Å². The van der Waals surface area contributed by atoms with E-state index in [1.54, 1.807) is 18.0 Å². The molecule has 1 saturated heterocycles. The van der Waals surface area contributed by atoms with E-state index in [1.807, 2.05) is 30.3 Å². The molecule has 0 saturated carbocycles. The van der Waals surface area contributed by atoms with Crippen molar-refractivity contribution in [3.8, 4) is 0 Å². The minimum Gasteiger partial charge on any atom is -0.342 e. The number of benzene rings is 1. The molecule has 5 heteroatoms. The molecular weight excluding hydrogens is 278 g/mol. The normalized spacial score (nSPS) is 18.2. The van der Waals surface area contributed by atoms with Crippen LogP contribution in [0.25, 0.3) is 10.9 Å². The molecule has 1 fully saturated rings. The molecule has 2 amide bonds. The summed E-state index contributed by atoms with van der Waals surface area (Å²) >= 11 is 0. The number of carbonyl (C=O) groups is 2. The fraction of sp³-hybridized carbons (Fsp3) is 0.353. The lowest BCUT2D eigenvalue weighted by atomic mass is 9.97. The van der Waals surface area contributed by atoms with Crippen LogP contribution < -0.4 is 5.32 Å². The predicted octanol–water partition coefficient (Wildman–Crippen LogP) is 2.43. The second-order valence-corrected chi connectivity index (χ2v) is 5.67. The number of para-hydroxylation sites is 1. The highest BCUT2D eigenvalue weighted by Gasteiger charge is 2.27. The third-order valence-corrected chi connectivity index (χ3v) is 4.13. The maximum atomic E-state index is 12.5. The van der Waals surface area contributed by atoms with Gasteiger partial charge in [0.05, 0.1) is 17.1 Å². The second-order valence-electron chi connectivity index (χ2n) is 5.67. The van der Waals surface area contributed by atoms with Gasteiger partial charge in [-0.2, -0.15) is 0 Å². The molecule has 114 valence electrons. The van der Waals surface area contributed by atoms with Gasteiger partial charge in [0.15, 0.2) is 0 Å². The number of hydrogen-bond acceptors (Lipinski definition) is 3. The summed E-state index contributed by atoms with van der Waals surface area (Å²) in [6, 6.07) is 9.58. The summed E-state index contributed by atoms with van der Waals surface area (Å²) in [5.74, 6) is -0.162. The number of carbonyl (C=O) groups excluding carboxylic acids is 2. The average molecular weight is 297 g/mol. The van der Waals surface area contributed by atoms with Crippen LogP contribution in [-0.2, 0) is 9.59 Å². The molecular formula is C17H19N3O2. The van der Waals surface area contributed by atoms with Gasteiger partial charge in [0, 0.05) is 31.6 Å². The lowest BCUT2D eigenvalue weighted by Crippen LogP contribution is -2.42. The quantitative estimate of drug-likeness (QED) is 0.926. The maximum absolute atomic E-state index is 12.5. The summed E-state index contributed by atoms with van der Waals surface area (Å²) in [6.07, 6.45) is 3.40. The molecule has 1 aromatic heterocycles. The van der Waals surface area contributed by atoms with Gasteiger partial charge >= 0.3 is 0 Å². The molecule has 0 aliphatic carbocycles. The molecule has 2 aromatic rings. The van der Waals surface area contributed by atoms with Crippen LogP contribution in [0.2, 0.25) is 0 Å². The summed E-state index contributed by atoms with van der Waals surface area (Å²) in [5, 5.41) is 3.97. The Balaban J connectivity index is 1.77. The first-order chi connectivity index (χ1) is 10.6. The van der Waals surface area contributed by atoms with E-state index in [0.717, 1.165) is 36.0 Å². The lowest BCUT2D eigenvalue weighted by molar-refractivity contribution is -0.132. The molecule has 1 aromatic carbocycles. The summed E-state index contributed by atoms with van der Waals surface area (Å²) in [6.45, 7) is 2.79. The molecule has 2 heterocycles.